The molecular weight excluding hydrogens is 236 g/mol. The largest absolute Gasteiger partial charge is 0.326 e. The molecule has 1 aromatic rings. The highest BCUT2D eigenvalue weighted by molar-refractivity contribution is 7.89. The van der Waals surface area contributed by atoms with E-state index in [1.165, 1.54) is 7.05 Å². The Kier molecular flexibility index (Phi) is 4.29. The number of sulfonamides is 1. The van der Waals surface area contributed by atoms with Gasteiger partial charge in [-0.3, -0.25) is 0 Å². The van der Waals surface area contributed by atoms with Gasteiger partial charge in [0, 0.05) is 13.6 Å². The summed E-state index contributed by atoms with van der Waals surface area (Å²) >= 11 is 0. The zero-order chi connectivity index (χ0) is 13.1. The molecule has 17 heavy (non-hydrogen) atoms. The van der Waals surface area contributed by atoms with Crippen LogP contribution < -0.4 is 5.73 Å². The quantitative estimate of drug-likeness (QED) is 0.803. The minimum atomic E-state index is -3.53. The van der Waals surface area contributed by atoms with Crippen molar-refractivity contribution >= 4 is 10.0 Å². The van der Waals surface area contributed by atoms with Crippen molar-refractivity contribution in [3.8, 4) is 12.3 Å². The van der Waals surface area contributed by atoms with E-state index in [4.69, 9.17) is 12.2 Å². The first-order valence-electron chi connectivity index (χ1n) is 5.13. The van der Waals surface area contributed by atoms with Crippen LogP contribution in [0.25, 0.3) is 0 Å². The Morgan fingerprint density at radius 3 is 2.65 bits per heavy atom. The lowest BCUT2D eigenvalue weighted by Crippen LogP contribution is -2.28. The van der Waals surface area contributed by atoms with E-state index in [9.17, 15) is 8.42 Å². The second-order valence-corrected chi connectivity index (χ2v) is 5.72. The summed E-state index contributed by atoms with van der Waals surface area (Å²) in [6.45, 7) is 2.11. The maximum atomic E-state index is 12.2. The zero-order valence-electron chi connectivity index (χ0n) is 9.97. The molecule has 0 aliphatic carbocycles. The van der Waals surface area contributed by atoms with Crippen molar-refractivity contribution in [1.29, 1.82) is 0 Å². The fraction of sp³-hybridized carbons (Fsp3) is 0.333. The van der Waals surface area contributed by atoms with Crippen molar-refractivity contribution in [3.63, 3.8) is 0 Å². The molecular formula is C12H16N2O2S. The first-order chi connectivity index (χ1) is 7.95. The third kappa shape index (κ3) is 2.67. The van der Waals surface area contributed by atoms with Crippen molar-refractivity contribution < 1.29 is 8.42 Å². The van der Waals surface area contributed by atoms with Gasteiger partial charge in [0.1, 0.15) is 0 Å². The number of hydrogen-bond acceptors (Lipinski definition) is 3. The van der Waals surface area contributed by atoms with Crippen molar-refractivity contribution in [2.24, 2.45) is 5.73 Å². The Balaban J connectivity index is 3.30. The molecule has 1 aromatic carbocycles. The molecule has 0 radical (unpaired) electrons. The smallest absolute Gasteiger partial charge is 0.243 e. The van der Waals surface area contributed by atoms with Gasteiger partial charge in [0.15, 0.2) is 0 Å². The number of nitrogens with two attached hydrogens (primary N) is 1. The van der Waals surface area contributed by atoms with Crippen molar-refractivity contribution in [1.82, 2.24) is 4.31 Å². The number of hydrogen-bond donors (Lipinski definition) is 1. The van der Waals surface area contributed by atoms with E-state index in [2.05, 4.69) is 5.92 Å². The van der Waals surface area contributed by atoms with E-state index in [1.54, 1.807) is 19.1 Å². The minimum absolute atomic E-state index is 0.0502. The second-order valence-electron chi connectivity index (χ2n) is 3.71. The summed E-state index contributed by atoms with van der Waals surface area (Å²) in [5.41, 5.74) is 7.06. The molecule has 1 rings (SSSR count). The molecule has 0 aliphatic rings. The molecule has 0 aliphatic heterocycles. The third-order valence-corrected chi connectivity index (χ3v) is 4.57. The normalized spacial score (nSPS) is 11.5. The van der Waals surface area contributed by atoms with E-state index in [-0.39, 0.29) is 11.4 Å². The summed E-state index contributed by atoms with van der Waals surface area (Å²) in [4.78, 5) is 0.262. The third-order valence-electron chi connectivity index (χ3n) is 2.62. The van der Waals surface area contributed by atoms with Crippen LogP contribution in [-0.4, -0.2) is 26.3 Å². The van der Waals surface area contributed by atoms with Gasteiger partial charge in [-0.05, 0) is 24.1 Å². The van der Waals surface area contributed by atoms with Crippen molar-refractivity contribution in [3.05, 3.63) is 29.3 Å². The molecule has 0 saturated heterocycles. The maximum absolute atomic E-state index is 12.2. The lowest BCUT2D eigenvalue weighted by atomic mass is 10.1. The van der Waals surface area contributed by atoms with Crippen LogP contribution in [0.5, 0.6) is 0 Å². The Bertz CT molecular complexity index is 544. The molecule has 92 valence electrons. The monoisotopic (exact) mass is 252 g/mol. The zero-order valence-corrected chi connectivity index (χ0v) is 10.8. The molecule has 0 unspecified atom stereocenters. The molecule has 0 heterocycles. The van der Waals surface area contributed by atoms with Crippen molar-refractivity contribution in [2.45, 2.75) is 18.4 Å². The van der Waals surface area contributed by atoms with Gasteiger partial charge in [0.2, 0.25) is 10.0 Å². The van der Waals surface area contributed by atoms with Crippen molar-refractivity contribution in [2.75, 3.05) is 13.6 Å². The van der Waals surface area contributed by atoms with Gasteiger partial charge in [-0.1, -0.05) is 18.1 Å². The van der Waals surface area contributed by atoms with Crippen LogP contribution in [0.2, 0.25) is 0 Å². The predicted molar refractivity (Wildman–Crippen MR) is 67.7 cm³/mol. The highest BCUT2D eigenvalue weighted by atomic mass is 32.2. The van der Waals surface area contributed by atoms with Crippen LogP contribution >= 0.6 is 0 Å². The van der Waals surface area contributed by atoms with E-state index in [0.29, 0.717) is 12.1 Å². The van der Waals surface area contributed by atoms with Gasteiger partial charge in [-0.25, -0.2) is 8.42 Å². The highest BCUT2D eigenvalue weighted by Gasteiger charge is 2.22. The molecule has 0 fully saturated rings. The van der Waals surface area contributed by atoms with Crippen LogP contribution in [0, 0.1) is 19.3 Å². The van der Waals surface area contributed by atoms with Crippen LogP contribution in [0.3, 0.4) is 0 Å². The van der Waals surface area contributed by atoms with Crippen LogP contribution in [0.4, 0.5) is 0 Å². The average molecular weight is 252 g/mol. The van der Waals surface area contributed by atoms with E-state index in [0.717, 1.165) is 9.87 Å². The van der Waals surface area contributed by atoms with Crippen LogP contribution in [0.15, 0.2) is 23.1 Å². The summed E-state index contributed by atoms with van der Waals surface area (Å²) in [6.07, 6.45) is 5.12. The second kappa shape index (κ2) is 5.32. The molecule has 0 bridgehead atoms. The van der Waals surface area contributed by atoms with Gasteiger partial charge in [-0.15, -0.1) is 6.42 Å². The molecule has 4 nitrogen and oxygen atoms in total. The highest BCUT2D eigenvalue weighted by Crippen LogP contribution is 2.21. The Morgan fingerprint density at radius 1 is 1.47 bits per heavy atom. The fourth-order valence-electron chi connectivity index (χ4n) is 1.54. The summed E-state index contributed by atoms with van der Waals surface area (Å²) in [5, 5.41) is 0. The van der Waals surface area contributed by atoms with Crippen LogP contribution in [-0.2, 0) is 16.6 Å². The SMILES string of the molecule is C#CCN(C)S(=O)(=O)c1cccc(CN)c1C. The van der Waals surface area contributed by atoms with Gasteiger partial charge in [0.25, 0.3) is 0 Å². The summed E-state index contributed by atoms with van der Waals surface area (Å²) in [7, 11) is -2.07. The predicted octanol–water partition coefficient (Wildman–Crippen LogP) is 0.707. The average Bonchev–Trinajstić information content (AvgIpc) is 2.29. The Hall–Kier alpha value is -1.35. The minimum Gasteiger partial charge on any atom is -0.326 e. The van der Waals surface area contributed by atoms with Gasteiger partial charge in [0.05, 0.1) is 11.4 Å². The summed E-state index contributed by atoms with van der Waals surface area (Å²) in [5.74, 6) is 2.31. The molecule has 0 spiro atoms. The Morgan fingerprint density at radius 2 is 2.12 bits per heavy atom. The topological polar surface area (TPSA) is 63.4 Å². The van der Waals surface area contributed by atoms with Gasteiger partial charge >= 0.3 is 0 Å². The van der Waals surface area contributed by atoms with E-state index in [1.807, 2.05) is 6.07 Å². The van der Waals surface area contributed by atoms with E-state index < -0.39 is 10.0 Å². The standard InChI is InChI=1S/C12H16N2O2S/c1-4-8-14(3)17(15,16)12-7-5-6-11(9-13)10(12)2/h1,5-7H,8-9,13H2,2-3H3. The molecule has 0 aromatic heterocycles. The van der Waals surface area contributed by atoms with Crippen LogP contribution in [0.1, 0.15) is 11.1 Å². The summed E-state index contributed by atoms with van der Waals surface area (Å²) < 4.78 is 25.5. The van der Waals surface area contributed by atoms with E-state index >= 15 is 0 Å². The molecule has 0 saturated carbocycles. The lowest BCUT2D eigenvalue weighted by molar-refractivity contribution is 0.502. The van der Waals surface area contributed by atoms with Gasteiger partial charge < -0.3 is 5.73 Å². The maximum Gasteiger partial charge on any atom is 0.243 e. The number of benzene rings is 1. The first kappa shape index (κ1) is 13.7. The summed E-state index contributed by atoms with van der Waals surface area (Å²) in [6, 6.07) is 5.07. The molecule has 5 heteroatoms. The lowest BCUT2D eigenvalue weighted by Gasteiger charge is -2.17. The number of nitrogens with zero attached hydrogens (tertiary/aromatic N) is 1. The first-order valence-corrected chi connectivity index (χ1v) is 6.57. The number of rotatable bonds is 4. The Labute approximate surface area is 102 Å². The molecule has 0 atom stereocenters. The number of terminal acetylenes is 1. The van der Waals surface area contributed by atoms with Gasteiger partial charge in [-0.2, -0.15) is 4.31 Å². The molecule has 2 N–H and O–H groups in total. The fourth-order valence-corrected chi connectivity index (χ4v) is 2.89. The molecule has 0 amide bonds.